The molecule has 0 spiro atoms. The van der Waals surface area contributed by atoms with Crippen molar-refractivity contribution in [3.05, 3.63) is 0 Å². The zero-order chi connectivity index (χ0) is 17.3. The van der Waals surface area contributed by atoms with Crippen LogP contribution in [0.4, 0.5) is 0 Å². The Morgan fingerprint density at radius 1 is 0.826 bits per heavy atom. The molecule has 23 heavy (non-hydrogen) atoms. The van der Waals surface area contributed by atoms with Crippen molar-refractivity contribution in [1.82, 2.24) is 0 Å². The van der Waals surface area contributed by atoms with Crippen LogP contribution in [0.15, 0.2) is 0 Å². The van der Waals surface area contributed by atoms with Crippen LogP contribution in [-0.4, -0.2) is 18.4 Å². The van der Waals surface area contributed by atoms with Crippen molar-refractivity contribution in [2.75, 3.05) is 0 Å². The van der Waals surface area contributed by atoms with Gasteiger partial charge in [-0.15, -0.1) is 0 Å². The molecule has 0 bridgehead atoms. The molecule has 0 aliphatic heterocycles. The molecular weight excluding hydrogens is 383 g/mol. The molecule has 1 heteroatoms. The van der Waals surface area contributed by atoms with Crippen molar-refractivity contribution < 1.29 is 0 Å². The fourth-order valence-electron chi connectivity index (χ4n) is 5.42. The summed E-state index contributed by atoms with van der Waals surface area (Å²) in [7, 11) is 0. The van der Waals surface area contributed by atoms with Gasteiger partial charge in [-0.2, -0.15) is 0 Å². The molecule has 0 nitrogen and oxygen atoms in total. The third-order valence-electron chi connectivity index (χ3n) is 6.89. The van der Waals surface area contributed by atoms with Gasteiger partial charge >= 0.3 is 153 Å². The summed E-state index contributed by atoms with van der Waals surface area (Å²) in [6.45, 7) is 14.9. The fraction of sp³-hybridized carbons (Fsp3) is 1.00. The molecule has 0 aromatic rings. The Balaban J connectivity index is 3.07. The molecule has 0 aromatic carbocycles. The van der Waals surface area contributed by atoms with Gasteiger partial charge in [-0.1, -0.05) is 0 Å². The number of hydrogen-bond donors (Lipinski definition) is 0. The number of unbranched alkanes of at least 4 members (excludes halogenated alkanes) is 3. The second-order valence-corrected chi connectivity index (χ2v) is 23.3. The maximum absolute atomic E-state index is 2.56. The summed E-state index contributed by atoms with van der Waals surface area (Å²) in [5.41, 5.74) is 0. The maximum atomic E-state index is 2.56. The second-order valence-electron chi connectivity index (χ2n) is 9.11. The monoisotopic (exact) mass is 430 g/mol. The summed E-state index contributed by atoms with van der Waals surface area (Å²) in [5, 5.41) is 0. The molecule has 0 unspecified atom stereocenters. The average Bonchev–Trinajstić information content (AvgIpc) is 2.54. The van der Waals surface area contributed by atoms with E-state index in [9.17, 15) is 0 Å². The third kappa shape index (κ3) is 6.55. The van der Waals surface area contributed by atoms with Crippen LogP contribution in [0.25, 0.3) is 0 Å². The molecular formula is C22H46Sn. The van der Waals surface area contributed by atoms with E-state index in [1.54, 1.807) is 45.4 Å². The van der Waals surface area contributed by atoms with E-state index in [-0.39, 0.29) is 0 Å². The Labute approximate surface area is 152 Å². The van der Waals surface area contributed by atoms with E-state index < -0.39 is 18.4 Å². The molecule has 0 N–H and O–H groups in total. The van der Waals surface area contributed by atoms with E-state index in [4.69, 9.17) is 0 Å². The summed E-state index contributed by atoms with van der Waals surface area (Å²) in [6.07, 6.45) is 13.6. The Morgan fingerprint density at radius 3 is 1.70 bits per heavy atom. The first-order chi connectivity index (χ1) is 11.0. The fourth-order valence-corrected chi connectivity index (χ4v) is 26.5. The van der Waals surface area contributed by atoms with Crippen molar-refractivity contribution in [1.29, 1.82) is 0 Å². The van der Waals surface area contributed by atoms with E-state index >= 15 is 0 Å². The minimum absolute atomic E-state index is 0.924. The van der Waals surface area contributed by atoms with Crippen LogP contribution < -0.4 is 0 Å². The van der Waals surface area contributed by atoms with Crippen LogP contribution in [0, 0.1) is 17.8 Å². The predicted octanol–water partition coefficient (Wildman–Crippen LogP) is 8.30. The van der Waals surface area contributed by atoms with Gasteiger partial charge in [-0.25, -0.2) is 0 Å². The van der Waals surface area contributed by atoms with E-state index in [0.29, 0.717) is 0 Å². The summed E-state index contributed by atoms with van der Waals surface area (Å²) in [5.74, 6) is 3.01. The summed E-state index contributed by atoms with van der Waals surface area (Å²) in [6, 6.07) is 0. The predicted molar refractivity (Wildman–Crippen MR) is 110 cm³/mol. The average molecular weight is 429 g/mol. The molecule has 0 heterocycles. The summed E-state index contributed by atoms with van der Waals surface area (Å²) in [4.78, 5) is 0. The van der Waals surface area contributed by atoms with Gasteiger partial charge in [0.2, 0.25) is 0 Å². The minimum atomic E-state index is -2.04. The van der Waals surface area contributed by atoms with Gasteiger partial charge in [-0.3, -0.25) is 0 Å². The normalized spacial score (nSPS) is 26.0. The van der Waals surface area contributed by atoms with Gasteiger partial charge < -0.3 is 0 Å². The van der Waals surface area contributed by atoms with E-state index in [1.807, 2.05) is 0 Å². The Bertz CT molecular complexity index is 275. The van der Waals surface area contributed by atoms with Crippen LogP contribution in [0.3, 0.4) is 0 Å². The van der Waals surface area contributed by atoms with Crippen LogP contribution in [0.5, 0.6) is 0 Å². The number of hydrogen-bond acceptors (Lipinski definition) is 0. The van der Waals surface area contributed by atoms with Gasteiger partial charge in [0.1, 0.15) is 0 Å². The standard InChI is InChI=1S/C10H19.3C4H9.Sn/c1-8(2)10-6-4-9(3)5-7-10;3*1-3-4-2;/h6,8-10H,4-5,7H2,1-3H3;3*1,3-4H2,2H3;/t9-,10-;;;;/m0..../s1. The Morgan fingerprint density at radius 2 is 1.30 bits per heavy atom. The van der Waals surface area contributed by atoms with E-state index in [1.165, 1.54) is 29.6 Å². The SMILES string of the molecule is CCC[CH2][Sn]([CH2]CCC)([CH2]CCC)[C@@H]1C[C@H](C)CC[C@H]1C(C)C. The molecule has 138 valence electrons. The van der Waals surface area contributed by atoms with Crippen LogP contribution in [0.2, 0.25) is 17.2 Å². The molecule has 1 saturated carbocycles. The second kappa shape index (κ2) is 11.4. The van der Waals surface area contributed by atoms with Crippen LogP contribution in [0.1, 0.15) is 99.3 Å². The number of rotatable bonds is 11. The molecule has 1 rings (SSSR count). The molecule has 0 saturated heterocycles. The van der Waals surface area contributed by atoms with Crippen molar-refractivity contribution in [2.24, 2.45) is 17.8 Å². The quantitative estimate of drug-likeness (QED) is 0.290. The van der Waals surface area contributed by atoms with Crippen LogP contribution in [-0.2, 0) is 0 Å². The van der Waals surface area contributed by atoms with Gasteiger partial charge in [-0.05, 0) is 0 Å². The van der Waals surface area contributed by atoms with Crippen LogP contribution >= 0.6 is 0 Å². The third-order valence-corrected chi connectivity index (χ3v) is 24.8. The van der Waals surface area contributed by atoms with Gasteiger partial charge in [0.25, 0.3) is 0 Å². The topological polar surface area (TPSA) is 0 Å². The molecule has 0 aromatic heterocycles. The molecule has 1 fully saturated rings. The van der Waals surface area contributed by atoms with Gasteiger partial charge in [0.05, 0.1) is 0 Å². The Hall–Kier alpha value is 0.799. The molecule has 3 atom stereocenters. The zero-order valence-electron chi connectivity index (χ0n) is 17.3. The van der Waals surface area contributed by atoms with E-state index in [0.717, 1.165) is 17.8 Å². The summed E-state index contributed by atoms with van der Waals surface area (Å²) < 4.78 is 6.35. The van der Waals surface area contributed by atoms with Gasteiger partial charge in [0.15, 0.2) is 0 Å². The molecule has 0 amide bonds. The van der Waals surface area contributed by atoms with Crippen molar-refractivity contribution in [3.63, 3.8) is 0 Å². The van der Waals surface area contributed by atoms with Crippen molar-refractivity contribution in [3.8, 4) is 0 Å². The summed E-state index contributed by atoms with van der Waals surface area (Å²) >= 11 is -2.04. The van der Waals surface area contributed by atoms with Crippen molar-refractivity contribution in [2.45, 2.75) is 117 Å². The first-order valence-corrected chi connectivity index (χ1v) is 18.7. The Kier molecular flexibility index (Phi) is 10.8. The van der Waals surface area contributed by atoms with Gasteiger partial charge in [0, 0.05) is 0 Å². The first kappa shape index (κ1) is 21.8. The molecule has 1 aliphatic carbocycles. The van der Waals surface area contributed by atoms with Crippen molar-refractivity contribution >= 4 is 18.4 Å². The first-order valence-electron chi connectivity index (χ1n) is 11.0. The molecule has 0 radical (unpaired) electrons. The zero-order valence-corrected chi connectivity index (χ0v) is 20.1. The molecule has 1 aliphatic rings. The van der Waals surface area contributed by atoms with E-state index in [2.05, 4.69) is 41.5 Å².